The third kappa shape index (κ3) is 1.52. The molecule has 3 N–H and O–H groups in total. The molecule has 0 saturated carbocycles. The van der Waals surface area contributed by atoms with Crippen LogP contribution in [0.5, 0.6) is 0 Å². The molecule has 3 aliphatic heterocycles. The van der Waals surface area contributed by atoms with Gasteiger partial charge in [-0.05, 0) is 5.06 Å². The fourth-order valence-electron chi connectivity index (χ4n) is 2.34. The van der Waals surface area contributed by atoms with Gasteiger partial charge in [0, 0.05) is 0 Å². The van der Waals surface area contributed by atoms with Crippen molar-refractivity contribution in [2.45, 2.75) is 17.9 Å². The van der Waals surface area contributed by atoms with Crippen LogP contribution in [0, 0.1) is 5.92 Å². The van der Waals surface area contributed by atoms with Crippen molar-refractivity contribution in [2.24, 2.45) is 11.7 Å². The van der Waals surface area contributed by atoms with Gasteiger partial charge in [-0.15, -0.1) is 0 Å². The van der Waals surface area contributed by atoms with Gasteiger partial charge in [0.05, 0.1) is 6.42 Å². The van der Waals surface area contributed by atoms with Gasteiger partial charge in [0.2, 0.25) is 5.91 Å². The quantitative estimate of drug-likeness (QED) is 0.364. The number of amides is 1. The molecule has 3 fully saturated rings. The van der Waals surface area contributed by atoms with Crippen molar-refractivity contribution >= 4 is 29.6 Å². The molecule has 2 bridgehead atoms. The fourth-order valence-corrected chi connectivity index (χ4v) is 2.34. The second kappa shape index (κ2) is 3.77. The van der Waals surface area contributed by atoms with Gasteiger partial charge in [-0.2, -0.15) is 0 Å². The predicted molar refractivity (Wildman–Crippen MR) is 55.0 cm³/mol. The van der Waals surface area contributed by atoms with Gasteiger partial charge in [-0.25, -0.2) is 9.59 Å². The van der Waals surface area contributed by atoms with Crippen LogP contribution < -0.4 is 5.73 Å². The molecule has 0 aromatic heterocycles. The molecular formula is C10H8N2O9. The highest BCUT2D eigenvalue weighted by atomic mass is 16.9. The molecule has 1 amide bonds. The van der Waals surface area contributed by atoms with Crippen molar-refractivity contribution in [3.63, 3.8) is 0 Å². The smallest absolute Gasteiger partial charge is 0.400 e. The zero-order valence-electron chi connectivity index (χ0n) is 10.2. The van der Waals surface area contributed by atoms with Crippen molar-refractivity contribution in [3.05, 3.63) is 0 Å². The molecule has 21 heavy (non-hydrogen) atoms. The number of aliphatic hydroxyl groups is 1. The van der Waals surface area contributed by atoms with Crippen LogP contribution >= 0.6 is 0 Å². The number of carbonyl (C=O) groups is 5. The molecule has 0 radical (unpaired) electrons. The minimum atomic E-state index is -2.90. The van der Waals surface area contributed by atoms with E-state index in [1.807, 2.05) is 0 Å². The van der Waals surface area contributed by atoms with Gasteiger partial charge in [0.25, 0.3) is 5.78 Å². The lowest BCUT2D eigenvalue weighted by molar-refractivity contribution is -0.377. The van der Waals surface area contributed by atoms with Crippen molar-refractivity contribution in [1.82, 2.24) is 5.06 Å². The zero-order valence-corrected chi connectivity index (χ0v) is 10.2. The van der Waals surface area contributed by atoms with E-state index in [1.54, 1.807) is 0 Å². The van der Waals surface area contributed by atoms with E-state index in [4.69, 9.17) is 5.73 Å². The Kier molecular flexibility index (Phi) is 2.41. The van der Waals surface area contributed by atoms with Crippen LogP contribution in [-0.4, -0.2) is 57.8 Å². The summed E-state index contributed by atoms with van der Waals surface area (Å²) in [6.45, 7) is -0.518. The number of esters is 2. The standard InChI is InChI=1S/C10H8N2O9/c11-6(15)5-7(16)21-12-2-3(13)10(12)19-4(14)1-9(5,18)8(17)20-10/h5,18H,1-2H2,(H2,11,15). The van der Waals surface area contributed by atoms with E-state index in [2.05, 4.69) is 14.3 Å². The molecule has 0 aliphatic carbocycles. The Labute approximate surface area is 115 Å². The maximum Gasteiger partial charge on any atom is 0.417 e. The van der Waals surface area contributed by atoms with Crippen LogP contribution in [-0.2, 0) is 38.3 Å². The number of hydrogen-bond donors (Lipinski definition) is 2. The summed E-state index contributed by atoms with van der Waals surface area (Å²) in [6.07, 6.45) is -1.09. The molecule has 3 atom stereocenters. The summed E-state index contributed by atoms with van der Waals surface area (Å²) in [7, 11) is 0. The predicted octanol–water partition coefficient (Wildman–Crippen LogP) is -3.68. The number of hydrogen-bond acceptors (Lipinski definition) is 10. The minimum absolute atomic E-state index is 0.494. The number of hydroxylamine groups is 2. The summed E-state index contributed by atoms with van der Waals surface area (Å²) in [5, 5.41) is 10.7. The summed E-state index contributed by atoms with van der Waals surface area (Å²) >= 11 is 0. The number of primary amides is 1. The van der Waals surface area contributed by atoms with E-state index >= 15 is 0 Å². The first-order valence-corrected chi connectivity index (χ1v) is 5.70. The summed E-state index contributed by atoms with van der Waals surface area (Å²) < 4.78 is 9.35. The Balaban J connectivity index is 2.17. The fraction of sp³-hybridized carbons (Fsp3) is 0.500. The van der Waals surface area contributed by atoms with Crippen molar-refractivity contribution in [1.29, 1.82) is 0 Å². The van der Waals surface area contributed by atoms with Gasteiger partial charge in [-0.1, -0.05) is 0 Å². The first-order valence-electron chi connectivity index (χ1n) is 5.70. The lowest BCUT2D eigenvalue weighted by Gasteiger charge is -2.45. The SMILES string of the molecule is NC(=O)C1C(=O)ON2CC(=O)C23OC(=O)CC1(O)C(=O)O3. The van der Waals surface area contributed by atoms with Crippen LogP contribution in [0.15, 0.2) is 0 Å². The Hall–Kier alpha value is -2.53. The van der Waals surface area contributed by atoms with Gasteiger partial charge in [0.1, 0.15) is 6.54 Å². The van der Waals surface area contributed by atoms with E-state index < -0.39 is 60.0 Å². The summed E-state index contributed by atoms with van der Waals surface area (Å²) in [5.41, 5.74) is 2.09. The van der Waals surface area contributed by atoms with Crippen LogP contribution in [0.3, 0.4) is 0 Å². The molecule has 1 spiro atoms. The van der Waals surface area contributed by atoms with E-state index in [9.17, 15) is 29.1 Å². The van der Waals surface area contributed by atoms with Crippen molar-refractivity contribution in [3.8, 4) is 0 Å². The van der Waals surface area contributed by atoms with Gasteiger partial charge in [-0.3, -0.25) is 14.4 Å². The number of fused-ring (bicyclic) bond motifs is 2. The Bertz CT molecular complexity index is 616. The second-order valence-corrected chi connectivity index (χ2v) is 4.75. The largest absolute Gasteiger partial charge is 0.417 e. The number of carbonyl (C=O) groups excluding carboxylic acids is 5. The molecule has 0 aromatic carbocycles. The number of ether oxygens (including phenoxy) is 2. The number of Topliss-reactive ketones (excluding diaryl/α,β-unsaturated/α-hetero) is 1. The highest BCUT2D eigenvalue weighted by Crippen LogP contribution is 2.41. The lowest BCUT2D eigenvalue weighted by Crippen LogP contribution is -2.74. The normalized spacial score (nSPS) is 39.0. The summed E-state index contributed by atoms with van der Waals surface area (Å²) in [5.74, 6) is -11.2. The third-order valence-electron chi connectivity index (χ3n) is 3.42. The van der Waals surface area contributed by atoms with Crippen molar-refractivity contribution in [2.75, 3.05) is 6.54 Å². The van der Waals surface area contributed by atoms with E-state index in [-0.39, 0.29) is 0 Å². The van der Waals surface area contributed by atoms with Gasteiger partial charge >= 0.3 is 23.8 Å². The maximum absolute atomic E-state index is 12.0. The van der Waals surface area contributed by atoms with Gasteiger partial charge in [0.15, 0.2) is 11.5 Å². The first kappa shape index (κ1) is 13.5. The molecule has 3 rings (SSSR count). The molecule has 3 heterocycles. The maximum atomic E-state index is 12.0. The van der Waals surface area contributed by atoms with E-state index in [0.29, 0.717) is 5.06 Å². The summed E-state index contributed by atoms with van der Waals surface area (Å²) in [6, 6.07) is 0. The van der Waals surface area contributed by atoms with E-state index in [1.165, 1.54) is 0 Å². The van der Waals surface area contributed by atoms with Crippen LogP contribution in [0.1, 0.15) is 6.42 Å². The van der Waals surface area contributed by atoms with Crippen molar-refractivity contribution < 1.29 is 43.4 Å². The second-order valence-electron chi connectivity index (χ2n) is 4.75. The molecule has 3 saturated heterocycles. The summed E-state index contributed by atoms with van der Waals surface area (Å²) in [4.78, 5) is 63.2. The van der Waals surface area contributed by atoms with E-state index in [0.717, 1.165) is 0 Å². The average Bonchev–Trinajstić information content (AvgIpc) is 2.44. The number of rotatable bonds is 1. The van der Waals surface area contributed by atoms with Crippen LogP contribution in [0.25, 0.3) is 0 Å². The molecule has 0 aromatic rings. The van der Waals surface area contributed by atoms with Gasteiger partial charge < -0.3 is 25.2 Å². The topological polar surface area (TPSA) is 163 Å². The molecule has 11 heteroatoms. The number of nitrogens with two attached hydrogens (primary N) is 1. The number of nitrogens with zero attached hydrogens (tertiary/aromatic N) is 1. The minimum Gasteiger partial charge on any atom is -0.400 e. The average molecular weight is 300 g/mol. The van der Waals surface area contributed by atoms with Crippen LogP contribution in [0.2, 0.25) is 0 Å². The number of ketones is 1. The zero-order chi connectivity index (χ0) is 15.6. The molecule has 3 aliphatic rings. The monoisotopic (exact) mass is 300 g/mol. The molecule has 112 valence electrons. The Morgan fingerprint density at radius 2 is 1.95 bits per heavy atom. The lowest BCUT2D eigenvalue weighted by atomic mass is 9.83. The Morgan fingerprint density at radius 1 is 1.29 bits per heavy atom. The van der Waals surface area contributed by atoms with Crippen LogP contribution in [0.4, 0.5) is 0 Å². The first-order chi connectivity index (χ1) is 9.70. The molecular weight excluding hydrogens is 292 g/mol. The highest BCUT2D eigenvalue weighted by Gasteiger charge is 2.72. The highest BCUT2D eigenvalue weighted by molar-refractivity contribution is 6.08. The molecule has 3 unspecified atom stereocenters. The third-order valence-corrected chi connectivity index (χ3v) is 3.42. The Morgan fingerprint density at radius 3 is 2.52 bits per heavy atom. The molecule has 11 nitrogen and oxygen atoms in total.